The molecule has 5 nitrogen and oxygen atoms in total. The lowest BCUT2D eigenvalue weighted by Gasteiger charge is -2.35. The Morgan fingerprint density at radius 2 is 1.72 bits per heavy atom. The van der Waals surface area contributed by atoms with Crippen LogP contribution in [0.5, 0.6) is 11.5 Å². The van der Waals surface area contributed by atoms with Gasteiger partial charge in [0.2, 0.25) is 0 Å². The van der Waals surface area contributed by atoms with Crippen LogP contribution in [0.4, 0.5) is 5.69 Å². The number of halogens is 1. The first-order chi connectivity index (χ1) is 18.8. The third-order valence-electron chi connectivity index (χ3n) is 7.98. The number of benzene rings is 2. The lowest BCUT2D eigenvalue weighted by molar-refractivity contribution is 0.353. The van der Waals surface area contributed by atoms with E-state index in [4.69, 9.17) is 31.3 Å². The van der Waals surface area contributed by atoms with Crippen molar-refractivity contribution in [2.75, 3.05) is 25.7 Å². The van der Waals surface area contributed by atoms with Crippen molar-refractivity contribution < 1.29 is 9.47 Å². The number of nitrogens with zero attached hydrogens (tertiary/aromatic N) is 3. The van der Waals surface area contributed by atoms with Crippen molar-refractivity contribution in [1.29, 1.82) is 0 Å². The molecule has 2 aliphatic rings. The van der Waals surface area contributed by atoms with Gasteiger partial charge in [-0.05, 0) is 61.4 Å². The van der Waals surface area contributed by atoms with E-state index in [2.05, 4.69) is 43.7 Å². The van der Waals surface area contributed by atoms with Crippen molar-refractivity contribution in [3.8, 4) is 11.5 Å². The van der Waals surface area contributed by atoms with E-state index in [0.29, 0.717) is 11.7 Å². The van der Waals surface area contributed by atoms with Gasteiger partial charge < -0.3 is 14.4 Å². The lowest BCUT2D eigenvalue weighted by Crippen LogP contribution is -2.31. The van der Waals surface area contributed by atoms with Crippen LogP contribution in [-0.2, 0) is 6.42 Å². The summed E-state index contributed by atoms with van der Waals surface area (Å²) in [6, 6.07) is 12.0. The van der Waals surface area contributed by atoms with E-state index in [0.717, 1.165) is 69.5 Å². The molecule has 0 aromatic heterocycles. The highest BCUT2D eigenvalue weighted by Crippen LogP contribution is 2.44. The summed E-state index contributed by atoms with van der Waals surface area (Å²) in [5, 5.41) is 10.3. The quantitative estimate of drug-likeness (QED) is 0.220. The molecule has 208 valence electrons. The van der Waals surface area contributed by atoms with E-state index in [1.807, 2.05) is 31.2 Å². The summed E-state index contributed by atoms with van der Waals surface area (Å²) in [5.74, 6) is 2.31. The zero-order valence-corrected chi connectivity index (χ0v) is 24.9. The van der Waals surface area contributed by atoms with Gasteiger partial charge in [0.25, 0.3) is 0 Å². The van der Waals surface area contributed by atoms with Gasteiger partial charge in [-0.1, -0.05) is 63.4 Å². The van der Waals surface area contributed by atoms with Crippen molar-refractivity contribution in [2.45, 2.75) is 65.7 Å². The van der Waals surface area contributed by atoms with Crippen molar-refractivity contribution in [3.63, 3.8) is 0 Å². The summed E-state index contributed by atoms with van der Waals surface area (Å²) in [7, 11) is 3.36. The van der Waals surface area contributed by atoms with Gasteiger partial charge in [0.1, 0.15) is 0 Å². The summed E-state index contributed by atoms with van der Waals surface area (Å²) in [5.41, 5.74) is 7.23. The third-order valence-corrected chi connectivity index (χ3v) is 8.23. The summed E-state index contributed by atoms with van der Waals surface area (Å²) < 4.78 is 11.4. The number of allylic oxidation sites excluding steroid dienone is 2. The normalized spacial score (nSPS) is 17.5. The Kier molecular flexibility index (Phi) is 9.90. The molecule has 6 heteroatoms. The first-order valence-corrected chi connectivity index (χ1v) is 14.5. The van der Waals surface area contributed by atoms with E-state index in [1.165, 1.54) is 32.1 Å². The highest BCUT2D eigenvalue weighted by atomic mass is 35.5. The second-order valence-electron chi connectivity index (χ2n) is 10.8. The van der Waals surface area contributed by atoms with Gasteiger partial charge in [-0.3, -0.25) is 0 Å². The minimum atomic E-state index is 0.221. The molecule has 1 aliphatic heterocycles. The topological polar surface area (TPSA) is 46.4 Å². The van der Waals surface area contributed by atoms with Gasteiger partial charge in [-0.15, -0.1) is 0 Å². The van der Waals surface area contributed by atoms with Crippen LogP contribution < -0.4 is 14.4 Å². The number of hydrogen-bond donors (Lipinski definition) is 0. The Balaban J connectivity index is 1.74. The van der Waals surface area contributed by atoms with Crippen LogP contribution in [0.25, 0.3) is 5.57 Å². The Morgan fingerprint density at radius 3 is 2.36 bits per heavy atom. The third kappa shape index (κ3) is 6.94. The maximum Gasteiger partial charge on any atom is 0.162 e. The molecule has 1 aliphatic carbocycles. The molecule has 1 unspecified atom stereocenters. The maximum atomic E-state index is 6.06. The fourth-order valence-corrected chi connectivity index (χ4v) is 5.63. The molecule has 1 fully saturated rings. The van der Waals surface area contributed by atoms with Crippen molar-refractivity contribution in [2.24, 2.45) is 22.0 Å². The molecule has 0 radical (unpaired) electrons. The number of anilines is 1. The van der Waals surface area contributed by atoms with Crippen molar-refractivity contribution >= 4 is 34.3 Å². The monoisotopic (exact) mass is 547 g/mol. The average molecular weight is 548 g/mol. The second-order valence-corrected chi connectivity index (χ2v) is 11.3. The molecular weight excluding hydrogens is 506 g/mol. The molecule has 0 amide bonds. The molecule has 2 aromatic carbocycles. The molecule has 1 saturated carbocycles. The van der Waals surface area contributed by atoms with Crippen LogP contribution in [0.1, 0.15) is 70.4 Å². The number of rotatable bonds is 10. The highest BCUT2D eigenvalue weighted by molar-refractivity contribution is 6.30. The minimum absolute atomic E-state index is 0.221. The summed E-state index contributed by atoms with van der Waals surface area (Å²) in [6.45, 7) is 12.0. The molecule has 0 spiro atoms. The number of ether oxygens (including phenoxy) is 2. The first-order valence-electron chi connectivity index (χ1n) is 14.1. The lowest BCUT2D eigenvalue weighted by atomic mass is 9.84. The predicted molar refractivity (Wildman–Crippen MR) is 166 cm³/mol. The Bertz CT molecular complexity index is 1260. The van der Waals surface area contributed by atoms with Gasteiger partial charge in [-0.2, -0.15) is 10.2 Å². The second kappa shape index (κ2) is 13.3. The fourth-order valence-electron chi connectivity index (χ4n) is 5.50. The summed E-state index contributed by atoms with van der Waals surface area (Å²) in [4.78, 5) is 2.39. The van der Waals surface area contributed by atoms with Gasteiger partial charge in [-0.25, -0.2) is 0 Å². The smallest absolute Gasteiger partial charge is 0.162 e. The average Bonchev–Trinajstić information content (AvgIpc) is 2.96. The Labute approximate surface area is 239 Å². The number of methoxy groups -OCH3 is 2. The molecule has 0 N–H and O–H groups in total. The minimum Gasteiger partial charge on any atom is -0.493 e. The number of hydrogen-bond acceptors (Lipinski definition) is 5. The van der Waals surface area contributed by atoms with Crippen LogP contribution >= 0.6 is 11.6 Å². The van der Waals surface area contributed by atoms with Crippen LogP contribution in [0, 0.1) is 11.8 Å². The Morgan fingerprint density at radius 1 is 1.05 bits per heavy atom. The summed E-state index contributed by atoms with van der Waals surface area (Å²) >= 11 is 6.06. The van der Waals surface area contributed by atoms with Crippen LogP contribution in [0.3, 0.4) is 0 Å². The van der Waals surface area contributed by atoms with Gasteiger partial charge in [0.15, 0.2) is 11.5 Å². The Hall–Kier alpha value is -3.05. The van der Waals surface area contributed by atoms with Crippen LogP contribution in [0.15, 0.2) is 65.0 Å². The molecule has 2 aromatic rings. The molecular formula is C33H42ClN3O2. The zero-order valence-electron chi connectivity index (χ0n) is 24.1. The van der Waals surface area contributed by atoms with Gasteiger partial charge in [0, 0.05) is 53.0 Å². The van der Waals surface area contributed by atoms with Crippen LogP contribution in [-0.4, -0.2) is 32.2 Å². The molecule has 39 heavy (non-hydrogen) atoms. The van der Waals surface area contributed by atoms with Crippen LogP contribution in [0.2, 0.25) is 5.02 Å². The highest BCUT2D eigenvalue weighted by Gasteiger charge is 2.29. The maximum absolute atomic E-state index is 6.06. The predicted octanol–water partition coefficient (Wildman–Crippen LogP) is 8.76. The van der Waals surface area contributed by atoms with E-state index in [9.17, 15) is 0 Å². The van der Waals surface area contributed by atoms with E-state index in [-0.39, 0.29) is 5.92 Å². The van der Waals surface area contributed by atoms with E-state index >= 15 is 0 Å². The van der Waals surface area contributed by atoms with Gasteiger partial charge in [0.05, 0.1) is 25.6 Å². The largest absolute Gasteiger partial charge is 0.493 e. The SMILES string of the molecule is C=C1C(/C(=N/N=C(\C)Cc2ccc(Cl)cc2)C(C)CC)=CN(CC2CCCCC2)c2cc(OC)c(OC)cc21. The van der Waals surface area contributed by atoms with E-state index < -0.39 is 0 Å². The molecule has 0 saturated heterocycles. The number of fused-ring (bicyclic) bond motifs is 1. The fraction of sp³-hybridized carbons (Fsp3) is 0.455. The van der Waals surface area contributed by atoms with Crippen molar-refractivity contribution in [1.82, 2.24) is 0 Å². The van der Waals surface area contributed by atoms with Gasteiger partial charge >= 0.3 is 0 Å². The van der Waals surface area contributed by atoms with Crippen molar-refractivity contribution in [3.05, 3.63) is 70.9 Å². The molecule has 1 atom stereocenters. The zero-order chi connectivity index (χ0) is 27.9. The molecule has 0 bridgehead atoms. The molecule has 1 heterocycles. The molecule has 4 rings (SSSR count). The summed E-state index contributed by atoms with van der Waals surface area (Å²) in [6.07, 6.45) is 10.4. The standard InChI is InChI=1S/C33H42ClN3O2/c1-7-22(2)33(36-35-23(3)17-25-13-15-27(34)16-14-25)29-21-37(20-26-11-9-8-10-12-26)30-19-32(39-6)31(38-5)18-28(30)24(29)4/h13-16,18-19,21-22,26H,4,7-12,17,20H2,1-3,5-6H3/b35-23+,36-33+. The van der Waals surface area contributed by atoms with E-state index in [1.54, 1.807) is 14.2 Å². The first kappa shape index (κ1) is 28.9.